The molecule has 1 saturated heterocycles. The van der Waals surface area contributed by atoms with Crippen LogP contribution in [0.25, 0.3) is 0 Å². The number of benzene rings is 2. The summed E-state index contributed by atoms with van der Waals surface area (Å²) in [5, 5.41) is 10.6. The minimum absolute atomic E-state index is 0.172. The summed E-state index contributed by atoms with van der Waals surface area (Å²) >= 11 is 0. The molecule has 0 aliphatic carbocycles. The third-order valence-electron chi connectivity index (χ3n) is 4.93. The molecule has 5 atom stereocenters. The second-order valence-electron chi connectivity index (χ2n) is 7.03. The van der Waals surface area contributed by atoms with E-state index in [-0.39, 0.29) is 13.2 Å². The number of rotatable bonds is 9. The zero-order chi connectivity index (χ0) is 20.8. The molecule has 0 bridgehead atoms. The Hall–Kier alpha value is -2.13. The summed E-state index contributed by atoms with van der Waals surface area (Å²) in [6.07, 6.45) is -1.37. The fourth-order valence-electron chi connectivity index (χ4n) is 3.50. The van der Waals surface area contributed by atoms with Crippen molar-refractivity contribution in [1.29, 1.82) is 0 Å². The Labute approximate surface area is 172 Å². The van der Waals surface area contributed by atoms with E-state index in [9.17, 15) is 14.3 Å². The van der Waals surface area contributed by atoms with Crippen LogP contribution in [0.2, 0.25) is 0 Å². The van der Waals surface area contributed by atoms with Gasteiger partial charge in [0.25, 0.3) is 0 Å². The van der Waals surface area contributed by atoms with E-state index >= 15 is 0 Å². The minimum atomic E-state index is -1.50. The zero-order valence-corrected chi connectivity index (χ0v) is 17.2. The van der Waals surface area contributed by atoms with Gasteiger partial charge in [-0.1, -0.05) is 48.0 Å². The maximum Gasteiger partial charge on any atom is 0.212 e. The summed E-state index contributed by atoms with van der Waals surface area (Å²) in [6.45, 7) is 2.12. The highest BCUT2D eigenvalue weighted by atomic mass is 32.2. The fraction of sp³-hybridized carbons (Fsp3) is 0.429. The van der Waals surface area contributed by atoms with Crippen LogP contribution in [0.3, 0.4) is 0 Å². The lowest BCUT2D eigenvalue weighted by atomic mass is 10.0. The third-order valence-corrected chi connectivity index (χ3v) is 6.82. The van der Waals surface area contributed by atoms with E-state index in [4.69, 9.17) is 14.2 Å². The fourth-order valence-corrected chi connectivity index (χ4v) is 5.17. The topological polar surface area (TPSA) is 87.9 Å². The molecule has 0 amide bonds. The molecule has 156 valence electrons. The van der Waals surface area contributed by atoms with Crippen molar-refractivity contribution in [2.24, 2.45) is 5.92 Å². The second kappa shape index (κ2) is 10.1. The molecule has 0 radical (unpaired) electrons. The van der Waals surface area contributed by atoms with Gasteiger partial charge < -0.3 is 14.2 Å². The quantitative estimate of drug-likeness (QED) is 0.459. The molecule has 1 fully saturated rings. The smallest absolute Gasteiger partial charge is 0.212 e. The largest absolute Gasteiger partial charge is 0.374 e. The minimum Gasteiger partial charge on any atom is -0.374 e. The van der Waals surface area contributed by atoms with Gasteiger partial charge in [0.1, 0.15) is 0 Å². The van der Waals surface area contributed by atoms with Gasteiger partial charge in [0.15, 0.2) is 6.29 Å². The normalized spacial score (nSPS) is 25.0. The molecule has 29 heavy (non-hydrogen) atoms. The maximum absolute atomic E-state index is 13.4. The highest BCUT2D eigenvalue weighted by molar-refractivity contribution is 7.85. The molecule has 8 heteroatoms. The molecule has 0 spiro atoms. The monoisotopic (exact) mass is 419 g/mol. The Bertz CT molecular complexity index is 829. The number of aryl methyl sites for hydroxylation is 1. The van der Waals surface area contributed by atoms with Crippen LogP contribution in [0.1, 0.15) is 11.1 Å². The molecule has 0 N–H and O–H groups in total. The lowest BCUT2D eigenvalue weighted by Gasteiger charge is -2.21. The lowest BCUT2D eigenvalue weighted by Crippen LogP contribution is -2.38. The van der Waals surface area contributed by atoms with Crippen molar-refractivity contribution in [3.05, 3.63) is 75.8 Å². The Morgan fingerprint density at radius 1 is 1.14 bits per heavy atom. The molecule has 1 aliphatic rings. The summed E-state index contributed by atoms with van der Waals surface area (Å²) in [5.41, 5.74) is 2.06. The molecule has 3 rings (SSSR count). The van der Waals surface area contributed by atoms with Crippen LogP contribution in [0.4, 0.5) is 0 Å². The van der Waals surface area contributed by atoms with Crippen molar-refractivity contribution in [3.8, 4) is 0 Å². The van der Waals surface area contributed by atoms with E-state index in [2.05, 4.69) is 0 Å². The van der Waals surface area contributed by atoms with E-state index in [1.54, 1.807) is 12.1 Å². The molecule has 0 aromatic heterocycles. The van der Waals surface area contributed by atoms with Crippen molar-refractivity contribution in [1.82, 2.24) is 0 Å². The number of hydrogen-bond donors (Lipinski definition) is 0. The first-order chi connectivity index (χ1) is 14.0. The summed E-state index contributed by atoms with van der Waals surface area (Å²) in [7, 11) is -0.0621. The average molecular weight is 419 g/mol. The first-order valence-corrected chi connectivity index (χ1v) is 10.6. The van der Waals surface area contributed by atoms with Crippen molar-refractivity contribution in [2.75, 3.05) is 20.3 Å². The van der Waals surface area contributed by atoms with Crippen molar-refractivity contribution < 1.29 is 23.3 Å². The van der Waals surface area contributed by atoms with E-state index in [1.165, 1.54) is 7.11 Å². The number of methoxy groups -OCH3 is 1. The van der Waals surface area contributed by atoms with Crippen LogP contribution in [0, 0.1) is 23.0 Å². The third kappa shape index (κ3) is 5.48. The molecule has 7 nitrogen and oxygen atoms in total. The molecule has 0 saturated carbocycles. The summed E-state index contributed by atoms with van der Waals surface area (Å²) in [4.78, 5) is 11.4. The highest BCUT2D eigenvalue weighted by Gasteiger charge is 2.50. The molecule has 0 unspecified atom stereocenters. The standard InChI is InChI=1S/C21H25NO6S/c1-15-8-10-17(11-9-15)29(25)20-18(12-22(23)24)21(26-2)28-19(20)14-27-13-16-6-4-3-5-7-16/h3-11,18-21H,12-14H2,1-2H3/t18-,19-,20-,21-,29+/m1/s1. The van der Waals surface area contributed by atoms with Gasteiger partial charge in [-0.25, -0.2) is 0 Å². The maximum atomic E-state index is 13.4. The lowest BCUT2D eigenvalue weighted by molar-refractivity contribution is -0.491. The number of hydrogen-bond acceptors (Lipinski definition) is 6. The SMILES string of the molecule is CO[C@@H]1O[C@H](COCc2ccccc2)[C@H]([S@@](=O)c2ccc(C)cc2)[C@H]1C[N+](=O)[O-]. The van der Waals surface area contributed by atoms with Crippen molar-refractivity contribution in [3.63, 3.8) is 0 Å². The highest BCUT2D eigenvalue weighted by Crippen LogP contribution is 2.34. The van der Waals surface area contributed by atoms with Gasteiger partial charge in [-0.15, -0.1) is 0 Å². The second-order valence-corrected chi connectivity index (χ2v) is 8.64. The van der Waals surface area contributed by atoms with Gasteiger partial charge >= 0.3 is 0 Å². The van der Waals surface area contributed by atoms with Crippen LogP contribution in [0.5, 0.6) is 0 Å². The molecular weight excluding hydrogens is 394 g/mol. The molecule has 1 aliphatic heterocycles. The van der Waals surface area contributed by atoms with Gasteiger partial charge in [0.05, 0.1) is 41.3 Å². The Kier molecular flexibility index (Phi) is 7.49. The van der Waals surface area contributed by atoms with Gasteiger partial charge in [-0.2, -0.15) is 0 Å². The van der Waals surface area contributed by atoms with Crippen molar-refractivity contribution in [2.45, 2.75) is 36.1 Å². The predicted octanol–water partition coefficient (Wildman–Crippen LogP) is 2.95. The van der Waals surface area contributed by atoms with Gasteiger partial charge in [0.2, 0.25) is 6.54 Å². The van der Waals surface area contributed by atoms with Crippen molar-refractivity contribution >= 4 is 10.8 Å². The summed E-state index contributed by atoms with van der Waals surface area (Å²) in [6, 6.07) is 17.0. The van der Waals surface area contributed by atoms with E-state index in [0.717, 1.165) is 11.1 Å². The molecule has 2 aromatic carbocycles. The summed E-state index contributed by atoms with van der Waals surface area (Å²) < 4.78 is 30.4. The Morgan fingerprint density at radius 2 is 1.83 bits per heavy atom. The van der Waals surface area contributed by atoms with E-state index in [1.807, 2.05) is 49.4 Å². The van der Waals surface area contributed by atoms with Gasteiger partial charge in [-0.3, -0.25) is 14.3 Å². The Balaban J connectivity index is 1.78. The predicted molar refractivity (Wildman–Crippen MR) is 108 cm³/mol. The molecule has 1 heterocycles. The average Bonchev–Trinajstić information content (AvgIpc) is 3.05. The van der Waals surface area contributed by atoms with E-state index in [0.29, 0.717) is 11.5 Å². The van der Waals surface area contributed by atoms with Crippen LogP contribution in [0.15, 0.2) is 59.5 Å². The van der Waals surface area contributed by atoms with Gasteiger partial charge in [0, 0.05) is 16.9 Å². The van der Waals surface area contributed by atoms with Crippen LogP contribution in [-0.4, -0.2) is 47.0 Å². The molecular formula is C21H25NO6S. The molecule has 2 aromatic rings. The first-order valence-electron chi connectivity index (χ1n) is 9.38. The number of nitrogens with zero attached hydrogens (tertiary/aromatic N) is 1. The van der Waals surface area contributed by atoms with Crippen LogP contribution < -0.4 is 0 Å². The zero-order valence-electron chi connectivity index (χ0n) is 16.4. The number of ether oxygens (including phenoxy) is 3. The van der Waals surface area contributed by atoms with Gasteiger partial charge in [-0.05, 0) is 24.6 Å². The summed E-state index contributed by atoms with van der Waals surface area (Å²) in [5.74, 6) is -0.637. The van der Waals surface area contributed by atoms with Crippen LogP contribution >= 0.6 is 0 Å². The Morgan fingerprint density at radius 3 is 2.45 bits per heavy atom. The number of nitro groups is 1. The van der Waals surface area contributed by atoms with Crippen LogP contribution in [-0.2, 0) is 31.6 Å². The first kappa shape index (κ1) is 21.6. The van der Waals surface area contributed by atoms with E-state index < -0.39 is 39.3 Å².